The summed E-state index contributed by atoms with van der Waals surface area (Å²) in [6.45, 7) is 5.54. The van der Waals surface area contributed by atoms with E-state index in [1.54, 1.807) is 20.8 Å². The second kappa shape index (κ2) is 3.98. The smallest absolute Gasteiger partial charge is 0.411 e. The number of likely N-dealkylation sites (tertiary alicyclic amines) is 1. The van der Waals surface area contributed by atoms with Crippen LogP contribution in [-0.2, 0) is 9.53 Å². The topological polar surface area (TPSA) is 70.4 Å². The molecule has 0 aromatic rings. The van der Waals surface area contributed by atoms with Gasteiger partial charge in [0.25, 0.3) is 0 Å². The van der Waals surface area contributed by atoms with E-state index in [0.29, 0.717) is 12.8 Å². The Morgan fingerprint density at radius 2 is 2.11 bits per heavy atom. The SMILES string of the molecule is CC(C)(C)OC(=O)N1C[C@H](C#N)C(=O)C12CCC2. The number of ether oxygens (including phenoxy) is 1. The fourth-order valence-corrected chi connectivity index (χ4v) is 2.59. The molecule has 18 heavy (non-hydrogen) atoms. The lowest BCUT2D eigenvalue weighted by Crippen LogP contribution is -2.56. The summed E-state index contributed by atoms with van der Waals surface area (Å²) >= 11 is 0. The molecule has 2 fully saturated rings. The predicted octanol–water partition coefficient (Wildman–Crippen LogP) is 1.87. The van der Waals surface area contributed by atoms with Gasteiger partial charge in [-0.2, -0.15) is 5.26 Å². The zero-order valence-electron chi connectivity index (χ0n) is 11.0. The highest BCUT2D eigenvalue weighted by Crippen LogP contribution is 2.45. The predicted molar refractivity (Wildman–Crippen MR) is 63.6 cm³/mol. The van der Waals surface area contributed by atoms with Crippen molar-refractivity contribution in [3.8, 4) is 6.07 Å². The number of rotatable bonds is 0. The number of Topliss-reactive ketones (excluding diaryl/α,β-unsaturated/α-hetero) is 1. The number of hydrogen-bond donors (Lipinski definition) is 0. The molecule has 1 amide bonds. The Labute approximate surface area is 107 Å². The first-order valence-electron chi connectivity index (χ1n) is 6.25. The molecule has 5 heteroatoms. The van der Waals surface area contributed by atoms with Gasteiger partial charge in [0, 0.05) is 6.54 Å². The van der Waals surface area contributed by atoms with E-state index >= 15 is 0 Å². The van der Waals surface area contributed by atoms with Gasteiger partial charge in [-0.1, -0.05) is 0 Å². The molecule has 2 rings (SSSR count). The van der Waals surface area contributed by atoms with Gasteiger partial charge in [-0.3, -0.25) is 9.69 Å². The largest absolute Gasteiger partial charge is 0.444 e. The van der Waals surface area contributed by atoms with Crippen molar-refractivity contribution in [2.75, 3.05) is 6.54 Å². The maximum absolute atomic E-state index is 12.1. The number of carbonyl (C=O) groups excluding carboxylic acids is 2. The van der Waals surface area contributed by atoms with Crippen molar-refractivity contribution in [2.45, 2.75) is 51.2 Å². The Balaban J connectivity index is 2.20. The molecule has 0 unspecified atom stereocenters. The van der Waals surface area contributed by atoms with E-state index in [-0.39, 0.29) is 12.3 Å². The number of ketones is 1. The molecule has 0 bridgehead atoms. The molecule has 1 spiro atoms. The van der Waals surface area contributed by atoms with Gasteiger partial charge in [0.2, 0.25) is 0 Å². The Bertz CT molecular complexity index is 426. The third-order valence-electron chi connectivity index (χ3n) is 3.61. The van der Waals surface area contributed by atoms with E-state index < -0.39 is 23.2 Å². The van der Waals surface area contributed by atoms with Crippen molar-refractivity contribution in [3.63, 3.8) is 0 Å². The molecule has 0 aromatic heterocycles. The molecular formula is C13H18N2O3. The lowest BCUT2D eigenvalue weighted by Gasteiger charge is -2.43. The first-order chi connectivity index (χ1) is 8.30. The van der Waals surface area contributed by atoms with Crippen molar-refractivity contribution in [2.24, 2.45) is 5.92 Å². The lowest BCUT2D eigenvalue weighted by molar-refractivity contribution is -0.130. The minimum Gasteiger partial charge on any atom is -0.444 e. The Kier molecular flexibility index (Phi) is 2.84. The van der Waals surface area contributed by atoms with Crippen molar-refractivity contribution in [3.05, 3.63) is 0 Å². The molecule has 2 aliphatic rings. The molecular weight excluding hydrogens is 232 g/mol. The summed E-state index contributed by atoms with van der Waals surface area (Å²) < 4.78 is 5.32. The van der Waals surface area contributed by atoms with Crippen LogP contribution in [0.2, 0.25) is 0 Å². The number of nitrogens with zero attached hydrogens (tertiary/aromatic N) is 2. The number of hydrogen-bond acceptors (Lipinski definition) is 4. The summed E-state index contributed by atoms with van der Waals surface area (Å²) in [6.07, 6.45) is 1.75. The van der Waals surface area contributed by atoms with Crippen LogP contribution in [0.15, 0.2) is 0 Å². The summed E-state index contributed by atoms with van der Waals surface area (Å²) in [5.74, 6) is -0.806. The van der Waals surface area contributed by atoms with E-state index in [0.717, 1.165) is 6.42 Å². The van der Waals surface area contributed by atoms with Crippen molar-refractivity contribution < 1.29 is 14.3 Å². The first kappa shape index (κ1) is 12.9. The summed E-state index contributed by atoms with van der Waals surface area (Å²) in [4.78, 5) is 25.7. The zero-order valence-corrected chi connectivity index (χ0v) is 11.0. The zero-order chi connectivity index (χ0) is 13.6. The monoisotopic (exact) mass is 250 g/mol. The Morgan fingerprint density at radius 3 is 2.50 bits per heavy atom. The molecule has 0 aromatic carbocycles. The fourth-order valence-electron chi connectivity index (χ4n) is 2.59. The van der Waals surface area contributed by atoms with Gasteiger partial charge in [0.05, 0.1) is 6.07 Å². The Morgan fingerprint density at radius 1 is 1.50 bits per heavy atom. The lowest BCUT2D eigenvalue weighted by atomic mass is 9.73. The number of carbonyl (C=O) groups is 2. The van der Waals surface area contributed by atoms with Gasteiger partial charge in [-0.15, -0.1) is 0 Å². The van der Waals surface area contributed by atoms with Crippen molar-refractivity contribution >= 4 is 11.9 Å². The molecule has 1 saturated heterocycles. The molecule has 5 nitrogen and oxygen atoms in total. The fraction of sp³-hybridized carbons (Fsp3) is 0.769. The van der Waals surface area contributed by atoms with Crippen LogP contribution in [0, 0.1) is 17.2 Å². The van der Waals surface area contributed by atoms with Crippen LogP contribution < -0.4 is 0 Å². The van der Waals surface area contributed by atoms with Gasteiger partial charge in [-0.05, 0) is 40.0 Å². The molecule has 1 heterocycles. The second-order valence-corrected chi connectivity index (χ2v) is 6.02. The second-order valence-electron chi connectivity index (χ2n) is 6.02. The third-order valence-corrected chi connectivity index (χ3v) is 3.61. The first-order valence-corrected chi connectivity index (χ1v) is 6.25. The van der Waals surface area contributed by atoms with Crippen LogP contribution in [0.25, 0.3) is 0 Å². The van der Waals surface area contributed by atoms with E-state index in [2.05, 4.69) is 0 Å². The van der Waals surface area contributed by atoms with Crippen LogP contribution in [0.3, 0.4) is 0 Å². The summed E-state index contributed by atoms with van der Waals surface area (Å²) in [7, 11) is 0. The highest BCUT2D eigenvalue weighted by Gasteiger charge is 2.59. The van der Waals surface area contributed by atoms with Gasteiger partial charge in [0.15, 0.2) is 5.78 Å². The quantitative estimate of drug-likeness (QED) is 0.658. The number of nitriles is 1. The van der Waals surface area contributed by atoms with Crippen LogP contribution in [0.4, 0.5) is 4.79 Å². The van der Waals surface area contributed by atoms with E-state index in [9.17, 15) is 9.59 Å². The van der Waals surface area contributed by atoms with Gasteiger partial charge in [0.1, 0.15) is 17.1 Å². The molecule has 98 valence electrons. The summed E-state index contributed by atoms with van der Waals surface area (Å²) in [5, 5.41) is 8.97. The van der Waals surface area contributed by atoms with Gasteiger partial charge >= 0.3 is 6.09 Å². The molecule has 0 radical (unpaired) electrons. The maximum atomic E-state index is 12.1. The van der Waals surface area contributed by atoms with E-state index in [1.165, 1.54) is 4.90 Å². The summed E-state index contributed by atoms with van der Waals surface area (Å²) in [5.41, 5.74) is -1.33. The van der Waals surface area contributed by atoms with Crippen LogP contribution in [-0.4, -0.2) is 34.5 Å². The molecule has 1 saturated carbocycles. The Hall–Kier alpha value is -1.57. The molecule has 0 N–H and O–H groups in total. The molecule has 1 atom stereocenters. The highest BCUT2D eigenvalue weighted by atomic mass is 16.6. The molecule has 1 aliphatic heterocycles. The van der Waals surface area contributed by atoms with Crippen LogP contribution >= 0.6 is 0 Å². The van der Waals surface area contributed by atoms with Gasteiger partial charge < -0.3 is 4.74 Å². The summed E-state index contributed by atoms with van der Waals surface area (Å²) in [6, 6.07) is 1.99. The standard InChI is InChI=1S/C13H18N2O3/c1-12(2,3)18-11(17)15-8-9(7-14)10(16)13(15)5-4-6-13/h9H,4-6,8H2,1-3H3/t9-/m0/s1. The van der Waals surface area contributed by atoms with E-state index in [4.69, 9.17) is 10.00 Å². The van der Waals surface area contributed by atoms with E-state index in [1.807, 2.05) is 6.07 Å². The van der Waals surface area contributed by atoms with Crippen molar-refractivity contribution in [1.29, 1.82) is 5.26 Å². The minimum atomic E-state index is -0.747. The van der Waals surface area contributed by atoms with Crippen molar-refractivity contribution in [1.82, 2.24) is 4.90 Å². The maximum Gasteiger partial charge on any atom is 0.411 e. The average molecular weight is 250 g/mol. The third kappa shape index (κ3) is 1.86. The van der Waals surface area contributed by atoms with Crippen LogP contribution in [0.1, 0.15) is 40.0 Å². The minimum absolute atomic E-state index is 0.109. The van der Waals surface area contributed by atoms with Crippen LogP contribution in [0.5, 0.6) is 0 Å². The van der Waals surface area contributed by atoms with Gasteiger partial charge in [-0.25, -0.2) is 4.79 Å². The average Bonchev–Trinajstić information content (AvgIpc) is 2.48. The number of amides is 1. The highest BCUT2D eigenvalue weighted by molar-refractivity contribution is 5.99. The normalized spacial score (nSPS) is 25.8. The molecule has 1 aliphatic carbocycles.